The van der Waals surface area contributed by atoms with Crippen LogP contribution in [0.2, 0.25) is 0 Å². The Morgan fingerprint density at radius 1 is 1.11 bits per heavy atom. The van der Waals surface area contributed by atoms with Gasteiger partial charge in [-0.1, -0.05) is 42.2 Å². The maximum Gasteiger partial charge on any atom is 0.104 e. The van der Waals surface area contributed by atoms with Gasteiger partial charge < -0.3 is 5.11 Å². The normalized spacial score (nSPS) is 9.83. The maximum absolute atomic E-state index is 8.71. The molecule has 92 valence electrons. The van der Waals surface area contributed by atoms with Crippen molar-refractivity contribution in [3.05, 3.63) is 57.8 Å². The zero-order valence-corrected chi connectivity index (χ0v) is 11.6. The Bertz CT molecular complexity index is 534. The van der Waals surface area contributed by atoms with Gasteiger partial charge in [0.05, 0.1) is 0 Å². The van der Waals surface area contributed by atoms with Crippen LogP contribution in [0.15, 0.2) is 41.8 Å². The molecule has 0 atom stereocenters. The standard InChI is InChI=1S/C15H14OS2/c16-9-4-7-14-8-10-18-15(14)12-17-11-13-5-2-1-3-6-13/h1-3,5-6,8,10,16H,9,11-12H2. The summed E-state index contributed by atoms with van der Waals surface area (Å²) in [5, 5.41) is 10.8. The number of benzene rings is 1. The number of thioether (sulfide) groups is 1. The summed E-state index contributed by atoms with van der Waals surface area (Å²) in [7, 11) is 0. The summed E-state index contributed by atoms with van der Waals surface area (Å²) in [6, 6.07) is 12.5. The molecule has 0 saturated carbocycles. The summed E-state index contributed by atoms with van der Waals surface area (Å²) < 4.78 is 0. The second-order valence-corrected chi connectivity index (χ2v) is 5.68. The third-order valence-electron chi connectivity index (χ3n) is 2.39. The fourth-order valence-corrected chi connectivity index (χ4v) is 3.54. The molecular weight excluding hydrogens is 260 g/mol. The van der Waals surface area contributed by atoms with Crippen molar-refractivity contribution in [3.63, 3.8) is 0 Å². The van der Waals surface area contributed by atoms with E-state index in [2.05, 4.69) is 41.5 Å². The third kappa shape index (κ3) is 3.92. The Morgan fingerprint density at radius 2 is 1.94 bits per heavy atom. The first kappa shape index (κ1) is 13.2. The number of rotatable bonds is 4. The summed E-state index contributed by atoms with van der Waals surface area (Å²) in [6.07, 6.45) is 0. The van der Waals surface area contributed by atoms with Crippen molar-refractivity contribution < 1.29 is 5.11 Å². The first-order valence-electron chi connectivity index (χ1n) is 5.68. The highest BCUT2D eigenvalue weighted by atomic mass is 32.2. The third-order valence-corrected chi connectivity index (χ3v) is 4.53. The van der Waals surface area contributed by atoms with Crippen molar-refractivity contribution in [2.75, 3.05) is 6.61 Å². The van der Waals surface area contributed by atoms with E-state index in [9.17, 15) is 0 Å². The lowest BCUT2D eigenvalue weighted by molar-refractivity contribution is 0.350. The van der Waals surface area contributed by atoms with Gasteiger partial charge in [-0.2, -0.15) is 11.8 Å². The predicted molar refractivity (Wildman–Crippen MR) is 79.7 cm³/mol. The number of aliphatic hydroxyl groups excluding tert-OH is 1. The van der Waals surface area contributed by atoms with Gasteiger partial charge in [0.15, 0.2) is 0 Å². The second kappa shape index (κ2) is 7.27. The van der Waals surface area contributed by atoms with Crippen molar-refractivity contribution in [2.45, 2.75) is 11.5 Å². The summed E-state index contributed by atoms with van der Waals surface area (Å²) >= 11 is 3.62. The Kier molecular flexibility index (Phi) is 5.35. The zero-order valence-electron chi connectivity index (χ0n) is 9.93. The largest absolute Gasteiger partial charge is 0.384 e. The average Bonchev–Trinajstić information content (AvgIpc) is 2.85. The number of hydrogen-bond donors (Lipinski definition) is 1. The minimum absolute atomic E-state index is 0.0769. The van der Waals surface area contributed by atoms with Gasteiger partial charge in [0.25, 0.3) is 0 Å². The topological polar surface area (TPSA) is 20.2 Å². The molecule has 0 saturated heterocycles. The van der Waals surface area contributed by atoms with Crippen LogP contribution in [0.4, 0.5) is 0 Å². The molecule has 0 radical (unpaired) electrons. The molecule has 0 aliphatic rings. The van der Waals surface area contributed by atoms with Gasteiger partial charge in [0.1, 0.15) is 6.61 Å². The highest BCUT2D eigenvalue weighted by Crippen LogP contribution is 2.24. The summed E-state index contributed by atoms with van der Waals surface area (Å²) in [6.45, 7) is -0.0769. The minimum Gasteiger partial charge on any atom is -0.384 e. The fraction of sp³-hybridized carbons (Fsp3) is 0.200. The number of thiophene rings is 1. The zero-order chi connectivity index (χ0) is 12.6. The molecule has 3 heteroatoms. The maximum atomic E-state index is 8.71. The van der Waals surface area contributed by atoms with Crippen LogP contribution in [-0.2, 0) is 11.5 Å². The molecule has 0 amide bonds. The Balaban J connectivity index is 1.89. The van der Waals surface area contributed by atoms with Gasteiger partial charge in [-0.3, -0.25) is 0 Å². The van der Waals surface area contributed by atoms with E-state index in [0.717, 1.165) is 17.1 Å². The molecule has 0 spiro atoms. The monoisotopic (exact) mass is 274 g/mol. The van der Waals surface area contributed by atoms with E-state index in [0.29, 0.717) is 0 Å². The van der Waals surface area contributed by atoms with E-state index in [1.807, 2.05) is 23.9 Å². The molecule has 1 heterocycles. The van der Waals surface area contributed by atoms with E-state index < -0.39 is 0 Å². The molecule has 0 aliphatic heterocycles. The molecule has 0 bridgehead atoms. The molecule has 0 aliphatic carbocycles. The van der Waals surface area contributed by atoms with Gasteiger partial charge in [0, 0.05) is 21.9 Å². The SMILES string of the molecule is OCC#Cc1ccsc1CSCc1ccccc1. The van der Waals surface area contributed by atoms with Gasteiger partial charge in [0.2, 0.25) is 0 Å². The summed E-state index contributed by atoms with van der Waals surface area (Å²) in [4.78, 5) is 1.29. The van der Waals surface area contributed by atoms with E-state index in [4.69, 9.17) is 5.11 Å². The fourth-order valence-electron chi connectivity index (χ4n) is 1.53. The van der Waals surface area contributed by atoms with Gasteiger partial charge in [-0.05, 0) is 17.0 Å². The molecule has 2 rings (SSSR count). The minimum atomic E-state index is -0.0769. The lowest BCUT2D eigenvalue weighted by atomic mass is 10.2. The highest BCUT2D eigenvalue weighted by molar-refractivity contribution is 7.97. The van der Waals surface area contributed by atoms with Crippen LogP contribution in [0.5, 0.6) is 0 Å². The number of hydrogen-bond acceptors (Lipinski definition) is 3. The average molecular weight is 274 g/mol. The smallest absolute Gasteiger partial charge is 0.104 e. The molecular formula is C15H14OS2. The highest BCUT2D eigenvalue weighted by Gasteiger charge is 2.02. The summed E-state index contributed by atoms with van der Waals surface area (Å²) in [5.41, 5.74) is 2.40. The van der Waals surface area contributed by atoms with Gasteiger partial charge in [-0.15, -0.1) is 11.3 Å². The lowest BCUT2D eigenvalue weighted by Crippen LogP contribution is -1.83. The van der Waals surface area contributed by atoms with Gasteiger partial charge >= 0.3 is 0 Å². The van der Waals surface area contributed by atoms with E-state index in [1.165, 1.54) is 10.4 Å². The molecule has 0 fully saturated rings. The Labute approximate surface area is 116 Å². The number of aliphatic hydroxyl groups is 1. The van der Waals surface area contributed by atoms with Crippen LogP contribution in [0.25, 0.3) is 0 Å². The predicted octanol–water partition coefficient (Wildman–Crippen LogP) is 3.53. The first-order chi connectivity index (χ1) is 8.90. The van der Waals surface area contributed by atoms with Crippen LogP contribution in [0.1, 0.15) is 16.0 Å². The molecule has 1 aromatic carbocycles. The van der Waals surface area contributed by atoms with E-state index in [-0.39, 0.29) is 6.61 Å². The molecule has 2 aromatic rings. The van der Waals surface area contributed by atoms with Crippen molar-refractivity contribution >= 4 is 23.1 Å². The van der Waals surface area contributed by atoms with Crippen LogP contribution >= 0.6 is 23.1 Å². The molecule has 18 heavy (non-hydrogen) atoms. The van der Waals surface area contributed by atoms with Crippen molar-refractivity contribution in [1.29, 1.82) is 0 Å². The molecule has 1 aromatic heterocycles. The Morgan fingerprint density at radius 3 is 2.72 bits per heavy atom. The van der Waals surface area contributed by atoms with Gasteiger partial charge in [-0.25, -0.2) is 0 Å². The van der Waals surface area contributed by atoms with Crippen molar-refractivity contribution in [3.8, 4) is 11.8 Å². The van der Waals surface area contributed by atoms with E-state index >= 15 is 0 Å². The quantitative estimate of drug-likeness (QED) is 0.861. The van der Waals surface area contributed by atoms with Crippen LogP contribution in [-0.4, -0.2) is 11.7 Å². The van der Waals surface area contributed by atoms with Crippen LogP contribution in [0, 0.1) is 11.8 Å². The van der Waals surface area contributed by atoms with E-state index in [1.54, 1.807) is 11.3 Å². The molecule has 1 nitrogen and oxygen atoms in total. The lowest BCUT2D eigenvalue weighted by Gasteiger charge is -2.01. The van der Waals surface area contributed by atoms with Crippen LogP contribution < -0.4 is 0 Å². The Hall–Kier alpha value is -1.21. The summed E-state index contributed by atoms with van der Waals surface area (Å²) in [5.74, 6) is 7.68. The molecule has 0 unspecified atom stereocenters. The van der Waals surface area contributed by atoms with Crippen molar-refractivity contribution in [1.82, 2.24) is 0 Å². The van der Waals surface area contributed by atoms with Crippen LogP contribution in [0.3, 0.4) is 0 Å². The molecule has 1 N–H and O–H groups in total. The first-order valence-corrected chi connectivity index (χ1v) is 7.71. The second-order valence-electron chi connectivity index (χ2n) is 3.70. The van der Waals surface area contributed by atoms with Crippen molar-refractivity contribution in [2.24, 2.45) is 0 Å².